The molecule has 4 aromatic rings. The third kappa shape index (κ3) is 2.87. The van der Waals surface area contributed by atoms with Crippen LogP contribution in [0.15, 0.2) is 53.3 Å². The standard InChI is InChI=1S/C20H19N5O2/c1-3-25-15-10-6-4-8-13(15)19(26)18(23-25)20(27)21-12-17-22-14-9-5-7-11-16(14)24(17)2/h4-11H,3,12H2,1-2H3,(H,21,27). The number of hydrogen-bond acceptors (Lipinski definition) is 4. The quantitative estimate of drug-likeness (QED) is 0.604. The Bertz CT molecular complexity index is 1220. The van der Waals surface area contributed by atoms with Gasteiger partial charge in [0, 0.05) is 19.0 Å². The molecule has 0 saturated carbocycles. The van der Waals surface area contributed by atoms with Crippen LogP contribution in [-0.2, 0) is 20.1 Å². The summed E-state index contributed by atoms with van der Waals surface area (Å²) in [4.78, 5) is 29.9. The normalized spacial score (nSPS) is 11.2. The molecular weight excluding hydrogens is 342 g/mol. The second-order valence-electron chi connectivity index (χ2n) is 6.27. The lowest BCUT2D eigenvalue weighted by atomic mass is 10.2. The lowest BCUT2D eigenvalue weighted by Crippen LogP contribution is -2.32. The third-order valence-electron chi connectivity index (χ3n) is 4.66. The van der Waals surface area contributed by atoms with Crippen molar-refractivity contribution in [2.75, 3.05) is 0 Å². The molecule has 1 N–H and O–H groups in total. The molecule has 2 aromatic carbocycles. The second-order valence-corrected chi connectivity index (χ2v) is 6.27. The summed E-state index contributed by atoms with van der Waals surface area (Å²) < 4.78 is 3.59. The maximum Gasteiger partial charge on any atom is 0.276 e. The number of carbonyl (C=O) groups excluding carboxylic acids is 1. The van der Waals surface area contributed by atoms with Gasteiger partial charge in [-0.1, -0.05) is 24.3 Å². The zero-order chi connectivity index (χ0) is 19.0. The number of para-hydroxylation sites is 3. The molecule has 0 aliphatic heterocycles. The predicted octanol–water partition coefficient (Wildman–Crippen LogP) is 2.23. The van der Waals surface area contributed by atoms with Crippen molar-refractivity contribution in [2.24, 2.45) is 7.05 Å². The van der Waals surface area contributed by atoms with Crippen LogP contribution in [0.25, 0.3) is 21.9 Å². The smallest absolute Gasteiger partial charge is 0.276 e. The maximum atomic E-state index is 12.7. The molecule has 136 valence electrons. The Morgan fingerprint density at radius 3 is 2.52 bits per heavy atom. The molecule has 7 heteroatoms. The number of hydrogen-bond donors (Lipinski definition) is 1. The van der Waals surface area contributed by atoms with Crippen molar-refractivity contribution in [3.8, 4) is 0 Å². The highest BCUT2D eigenvalue weighted by Crippen LogP contribution is 2.14. The molecule has 0 unspecified atom stereocenters. The number of carbonyl (C=O) groups is 1. The molecule has 0 aliphatic carbocycles. The predicted molar refractivity (Wildman–Crippen MR) is 104 cm³/mol. The molecular formula is C20H19N5O2. The Balaban J connectivity index is 1.66. The van der Waals surface area contributed by atoms with Crippen molar-refractivity contribution in [1.82, 2.24) is 24.6 Å². The van der Waals surface area contributed by atoms with E-state index in [0.29, 0.717) is 17.8 Å². The minimum absolute atomic E-state index is 0.102. The fraction of sp³-hybridized carbons (Fsp3) is 0.200. The largest absolute Gasteiger partial charge is 0.343 e. The van der Waals surface area contributed by atoms with Gasteiger partial charge in [0.15, 0.2) is 5.69 Å². The van der Waals surface area contributed by atoms with E-state index in [2.05, 4.69) is 15.4 Å². The summed E-state index contributed by atoms with van der Waals surface area (Å²) in [7, 11) is 1.90. The first-order valence-electron chi connectivity index (χ1n) is 8.78. The van der Waals surface area contributed by atoms with Crippen LogP contribution < -0.4 is 10.7 Å². The summed E-state index contributed by atoms with van der Waals surface area (Å²) in [5, 5.41) is 7.53. The van der Waals surface area contributed by atoms with Gasteiger partial charge in [0.2, 0.25) is 5.43 Å². The topological polar surface area (TPSA) is 81.8 Å². The molecule has 0 atom stereocenters. The third-order valence-corrected chi connectivity index (χ3v) is 4.66. The van der Waals surface area contributed by atoms with Gasteiger partial charge in [0.25, 0.3) is 5.91 Å². The number of rotatable bonds is 4. The highest BCUT2D eigenvalue weighted by Gasteiger charge is 2.17. The monoisotopic (exact) mass is 361 g/mol. The maximum absolute atomic E-state index is 12.7. The van der Waals surface area contributed by atoms with Crippen molar-refractivity contribution >= 4 is 27.8 Å². The van der Waals surface area contributed by atoms with Crippen molar-refractivity contribution in [1.29, 1.82) is 0 Å². The molecule has 0 aliphatic rings. The van der Waals surface area contributed by atoms with E-state index in [0.717, 1.165) is 16.6 Å². The zero-order valence-corrected chi connectivity index (χ0v) is 15.1. The zero-order valence-electron chi connectivity index (χ0n) is 15.1. The molecule has 2 aromatic heterocycles. The minimum atomic E-state index is -0.500. The summed E-state index contributed by atoms with van der Waals surface area (Å²) in [5.74, 6) is 0.209. The molecule has 0 radical (unpaired) electrons. The van der Waals surface area contributed by atoms with Crippen molar-refractivity contribution in [3.63, 3.8) is 0 Å². The summed E-state index contributed by atoms with van der Waals surface area (Å²) in [6, 6.07) is 14.9. The van der Waals surface area contributed by atoms with E-state index in [-0.39, 0.29) is 17.7 Å². The van der Waals surface area contributed by atoms with E-state index in [1.54, 1.807) is 16.8 Å². The molecule has 7 nitrogen and oxygen atoms in total. The van der Waals surface area contributed by atoms with Crippen LogP contribution in [0.3, 0.4) is 0 Å². The average molecular weight is 361 g/mol. The molecule has 0 bridgehead atoms. The number of nitrogens with zero attached hydrogens (tertiary/aromatic N) is 4. The Morgan fingerprint density at radius 2 is 1.78 bits per heavy atom. The van der Waals surface area contributed by atoms with E-state index in [4.69, 9.17) is 0 Å². The fourth-order valence-corrected chi connectivity index (χ4v) is 3.22. The van der Waals surface area contributed by atoms with E-state index >= 15 is 0 Å². The van der Waals surface area contributed by atoms with Crippen molar-refractivity contribution in [3.05, 3.63) is 70.3 Å². The SMILES string of the molecule is CCn1nc(C(=O)NCc2nc3ccccc3n2C)c(=O)c2ccccc21. The summed E-state index contributed by atoms with van der Waals surface area (Å²) in [6.07, 6.45) is 0. The van der Waals surface area contributed by atoms with Crippen LogP contribution in [0.1, 0.15) is 23.2 Å². The van der Waals surface area contributed by atoms with Crippen molar-refractivity contribution in [2.45, 2.75) is 20.0 Å². The van der Waals surface area contributed by atoms with Gasteiger partial charge in [0.05, 0.1) is 23.1 Å². The number of fused-ring (bicyclic) bond motifs is 2. The van der Waals surface area contributed by atoms with Gasteiger partial charge >= 0.3 is 0 Å². The number of amides is 1. The lowest BCUT2D eigenvalue weighted by molar-refractivity contribution is 0.0941. The first kappa shape index (κ1) is 17.0. The lowest BCUT2D eigenvalue weighted by Gasteiger charge is -2.10. The molecule has 27 heavy (non-hydrogen) atoms. The van der Waals surface area contributed by atoms with Gasteiger partial charge in [-0.2, -0.15) is 5.10 Å². The molecule has 2 heterocycles. The first-order valence-corrected chi connectivity index (χ1v) is 8.78. The molecule has 0 saturated heterocycles. The second kappa shape index (κ2) is 6.68. The molecule has 4 rings (SSSR count). The molecule has 0 spiro atoms. The fourth-order valence-electron chi connectivity index (χ4n) is 3.22. The van der Waals surface area contributed by atoms with Crippen molar-refractivity contribution < 1.29 is 4.79 Å². The highest BCUT2D eigenvalue weighted by atomic mass is 16.2. The summed E-state index contributed by atoms with van der Waals surface area (Å²) >= 11 is 0. The van der Waals surface area contributed by atoms with E-state index in [1.165, 1.54) is 0 Å². The Kier molecular flexibility index (Phi) is 4.19. The van der Waals surface area contributed by atoms with E-state index in [1.807, 2.05) is 54.9 Å². The number of benzene rings is 2. The first-order chi connectivity index (χ1) is 13.1. The summed E-state index contributed by atoms with van der Waals surface area (Å²) in [5.41, 5.74) is 2.10. The van der Waals surface area contributed by atoms with Crippen LogP contribution in [0.5, 0.6) is 0 Å². The van der Waals surface area contributed by atoms with E-state index < -0.39 is 5.91 Å². The van der Waals surface area contributed by atoms with Gasteiger partial charge in [-0.05, 0) is 31.2 Å². The van der Waals surface area contributed by atoms with Crippen LogP contribution in [0.2, 0.25) is 0 Å². The number of nitrogens with one attached hydrogen (secondary N) is 1. The van der Waals surface area contributed by atoms with E-state index in [9.17, 15) is 9.59 Å². The van der Waals surface area contributed by atoms with Gasteiger partial charge in [-0.15, -0.1) is 0 Å². The Hall–Kier alpha value is -3.48. The number of aromatic nitrogens is 4. The number of aryl methyl sites for hydroxylation is 2. The van der Waals surface area contributed by atoms with Crippen LogP contribution >= 0.6 is 0 Å². The van der Waals surface area contributed by atoms with Crippen LogP contribution in [0, 0.1) is 0 Å². The van der Waals surface area contributed by atoms with Crippen LogP contribution in [0.4, 0.5) is 0 Å². The summed E-state index contributed by atoms with van der Waals surface area (Å²) in [6.45, 7) is 2.70. The van der Waals surface area contributed by atoms with Gasteiger partial charge < -0.3 is 9.88 Å². The van der Waals surface area contributed by atoms with Gasteiger partial charge in [0.1, 0.15) is 5.82 Å². The van der Waals surface area contributed by atoms with Gasteiger partial charge in [-0.25, -0.2) is 4.98 Å². The Morgan fingerprint density at radius 1 is 1.07 bits per heavy atom. The van der Waals surface area contributed by atoms with Crippen LogP contribution in [-0.4, -0.2) is 25.2 Å². The molecule has 1 amide bonds. The Labute approximate surface area is 155 Å². The minimum Gasteiger partial charge on any atom is -0.343 e. The highest BCUT2D eigenvalue weighted by molar-refractivity contribution is 5.95. The van der Waals surface area contributed by atoms with Gasteiger partial charge in [-0.3, -0.25) is 14.3 Å². The molecule has 0 fully saturated rings. The average Bonchev–Trinajstić information content (AvgIpc) is 3.03. The number of imidazole rings is 1.